The van der Waals surface area contributed by atoms with Crippen molar-refractivity contribution >= 4 is 35.0 Å². The first-order chi connectivity index (χ1) is 9.66. The summed E-state index contributed by atoms with van der Waals surface area (Å²) in [4.78, 5) is 13.4. The van der Waals surface area contributed by atoms with Gasteiger partial charge >= 0.3 is 0 Å². The monoisotopic (exact) mass is 288 g/mol. The Morgan fingerprint density at radius 2 is 2.05 bits per heavy atom. The van der Waals surface area contributed by atoms with Crippen molar-refractivity contribution in [3.8, 4) is 0 Å². The lowest BCUT2D eigenvalue weighted by Crippen LogP contribution is -2.31. The highest BCUT2D eigenvalue weighted by Crippen LogP contribution is 2.24. The van der Waals surface area contributed by atoms with Gasteiger partial charge in [-0.25, -0.2) is 9.29 Å². The molecule has 1 aliphatic heterocycles. The van der Waals surface area contributed by atoms with Gasteiger partial charge in [0, 0.05) is 6.08 Å². The van der Waals surface area contributed by atoms with Gasteiger partial charge in [0.1, 0.15) is 17.3 Å². The van der Waals surface area contributed by atoms with Crippen LogP contribution in [0.3, 0.4) is 0 Å². The van der Waals surface area contributed by atoms with E-state index >= 15 is 0 Å². The van der Waals surface area contributed by atoms with Crippen LogP contribution in [0.25, 0.3) is 6.08 Å². The minimum Gasteiger partial charge on any atom is -0.465 e. The van der Waals surface area contributed by atoms with Gasteiger partial charge in [-0.15, -0.1) is 0 Å². The highest BCUT2D eigenvalue weighted by molar-refractivity contribution is 7.80. The van der Waals surface area contributed by atoms with Gasteiger partial charge in [0.05, 0.1) is 12.0 Å². The number of halogens is 1. The third-order valence-electron chi connectivity index (χ3n) is 2.80. The van der Waals surface area contributed by atoms with E-state index in [1.165, 1.54) is 24.5 Å². The predicted octanol–water partition coefficient (Wildman–Crippen LogP) is 2.68. The molecule has 100 valence electrons. The lowest BCUT2D eigenvalue weighted by Gasteiger charge is -2.14. The summed E-state index contributed by atoms with van der Waals surface area (Å²) in [5, 5.41) is 2.90. The Hall–Kier alpha value is -2.47. The molecule has 1 saturated heterocycles. The Kier molecular flexibility index (Phi) is 3.08. The van der Waals surface area contributed by atoms with Crippen LogP contribution in [0.4, 0.5) is 10.1 Å². The smallest absolute Gasteiger partial charge is 0.281 e. The highest BCUT2D eigenvalue weighted by atomic mass is 32.1. The number of nitrogens with zero attached hydrogens (tertiary/aromatic N) is 1. The van der Waals surface area contributed by atoms with Crippen molar-refractivity contribution in [2.75, 3.05) is 4.90 Å². The van der Waals surface area contributed by atoms with Crippen molar-refractivity contribution in [1.82, 2.24) is 5.32 Å². The summed E-state index contributed by atoms with van der Waals surface area (Å²) in [7, 11) is 0. The average Bonchev–Trinajstić information content (AvgIpc) is 3.01. The minimum absolute atomic E-state index is 0.123. The number of nitrogens with one attached hydrogen (secondary N) is 1. The second kappa shape index (κ2) is 4.90. The van der Waals surface area contributed by atoms with E-state index in [1.807, 2.05) is 0 Å². The summed E-state index contributed by atoms with van der Waals surface area (Å²) >= 11 is 5.09. The molecule has 1 fully saturated rings. The maximum Gasteiger partial charge on any atom is 0.281 e. The standard InChI is InChI=1S/C14H9FN2O2S/c15-10-5-1-2-6-12(10)17-13(18)11(16-14(17)20)8-9-4-3-7-19-9/h1-8H,(H,16,20). The molecule has 0 radical (unpaired) electrons. The predicted molar refractivity (Wildman–Crippen MR) is 76.3 cm³/mol. The fourth-order valence-electron chi connectivity index (χ4n) is 1.90. The quantitative estimate of drug-likeness (QED) is 0.681. The fraction of sp³-hybridized carbons (Fsp3) is 0. The Bertz CT molecular complexity index is 710. The molecule has 2 heterocycles. The van der Waals surface area contributed by atoms with Crippen LogP contribution in [0.1, 0.15) is 5.76 Å². The molecule has 0 aliphatic carbocycles. The molecule has 0 bridgehead atoms. The summed E-state index contributed by atoms with van der Waals surface area (Å²) in [6.45, 7) is 0. The lowest BCUT2D eigenvalue weighted by molar-refractivity contribution is -0.113. The van der Waals surface area contributed by atoms with Gasteiger partial charge in [0.2, 0.25) is 0 Å². The largest absolute Gasteiger partial charge is 0.465 e. The summed E-state index contributed by atoms with van der Waals surface area (Å²) in [6, 6.07) is 9.38. The van der Waals surface area contributed by atoms with Crippen LogP contribution in [-0.4, -0.2) is 11.0 Å². The third-order valence-corrected chi connectivity index (χ3v) is 3.09. The number of hydrogen-bond acceptors (Lipinski definition) is 3. The van der Waals surface area contributed by atoms with Gasteiger partial charge < -0.3 is 9.73 Å². The second-order valence-electron chi connectivity index (χ2n) is 4.10. The molecule has 1 aromatic carbocycles. The van der Waals surface area contributed by atoms with Crippen molar-refractivity contribution in [1.29, 1.82) is 0 Å². The van der Waals surface area contributed by atoms with E-state index in [-0.39, 0.29) is 16.5 Å². The molecule has 1 aliphatic rings. The van der Waals surface area contributed by atoms with Crippen LogP contribution >= 0.6 is 12.2 Å². The van der Waals surface area contributed by atoms with E-state index in [2.05, 4.69) is 5.32 Å². The van der Waals surface area contributed by atoms with E-state index < -0.39 is 11.7 Å². The molecule has 6 heteroatoms. The van der Waals surface area contributed by atoms with Crippen molar-refractivity contribution in [2.45, 2.75) is 0 Å². The Morgan fingerprint density at radius 3 is 2.75 bits per heavy atom. The molecule has 0 unspecified atom stereocenters. The van der Waals surface area contributed by atoms with Crippen LogP contribution in [0, 0.1) is 5.82 Å². The number of rotatable bonds is 2. The summed E-state index contributed by atoms with van der Waals surface area (Å²) in [6.07, 6.45) is 3.02. The van der Waals surface area contributed by atoms with Gasteiger partial charge in [0.25, 0.3) is 5.91 Å². The van der Waals surface area contributed by atoms with Crippen molar-refractivity contribution in [3.63, 3.8) is 0 Å². The molecule has 1 aromatic heterocycles. The van der Waals surface area contributed by atoms with Crippen molar-refractivity contribution in [3.05, 3.63) is 59.9 Å². The van der Waals surface area contributed by atoms with E-state index in [1.54, 1.807) is 24.3 Å². The van der Waals surface area contributed by atoms with E-state index in [0.29, 0.717) is 5.76 Å². The number of carbonyl (C=O) groups is 1. The fourth-order valence-corrected chi connectivity index (χ4v) is 2.19. The minimum atomic E-state index is -0.510. The first-order valence-electron chi connectivity index (χ1n) is 5.82. The molecule has 0 spiro atoms. The maximum atomic E-state index is 13.8. The van der Waals surface area contributed by atoms with E-state index in [4.69, 9.17) is 16.6 Å². The summed E-state index contributed by atoms with van der Waals surface area (Å²) in [5.41, 5.74) is 0.367. The van der Waals surface area contributed by atoms with Crippen molar-refractivity contribution < 1.29 is 13.6 Å². The molecule has 0 atom stereocenters. The normalized spacial score (nSPS) is 16.9. The van der Waals surface area contributed by atoms with Crippen LogP contribution in [0.15, 0.2) is 52.8 Å². The molecular formula is C14H9FN2O2S. The van der Waals surface area contributed by atoms with Gasteiger partial charge in [-0.3, -0.25) is 4.79 Å². The SMILES string of the molecule is O=C1C(=Cc2ccco2)NC(=S)N1c1ccccc1F. The molecular weight excluding hydrogens is 279 g/mol. The number of furan rings is 1. The number of thiocarbonyl (C=S) groups is 1. The number of anilines is 1. The Balaban J connectivity index is 1.98. The van der Waals surface area contributed by atoms with Gasteiger partial charge in [-0.2, -0.15) is 0 Å². The summed E-state index contributed by atoms with van der Waals surface area (Å²) in [5.74, 6) is -0.417. The zero-order valence-corrected chi connectivity index (χ0v) is 11.0. The first kappa shape index (κ1) is 12.6. The number of hydrogen-bond donors (Lipinski definition) is 1. The topological polar surface area (TPSA) is 45.5 Å². The van der Waals surface area contributed by atoms with Crippen LogP contribution in [0.2, 0.25) is 0 Å². The van der Waals surface area contributed by atoms with Crippen LogP contribution in [0.5, 0.6) is 0 Å². The number of benzene rings is 1. The van der Waals surface area contributed by atoms with Crippen molar-refractivity contribution in [2.24, 2.45) is 0 Å². The molecule has 20 heavy (non-hydrogen) atoms. The number of para-hydroxylation sites is 1. The molecule has 0 saturated carbocycles. The summed E-state index contributed by atoms with van der Waals surface area (Å²) < 4.78 is 18.9. The van der Waals surface area contributed by atoms with E-state index in [9.17, 15) is 9.18 Å². The van der Waals surface area contributed by atoms with Crippen LogP contribution in [-0.2, 0) is 4.79 Å². The molecule has 1 amide bonds. The van der Waals surface area contributed by atoms with E-state index in [0.717, 1.165) is 4.90 Å². The zero-order valence-electron chi connectivity index (χ0n) is 10.2. The molecule has 4 nitrogen and oxygen atoms in total. The maximum absolute atomic E-state index is 13.8. The first-order valence-corrected chi connectivity index (χ1v) is 6.23. The van der Waals surface area contributed by atoms with Gasteiger partial charge in [0.15, 0.2) is 5.11 Å². The van der Waals surface area contributed by atoms with Crippen LogP contribution < -0.4 is 10.2 Å². The van der Waals surface area contributed by atoms with Gasteiger partial charge in [-0.05, 0) is 36.5 Å². The lowest BCUT2D eigenvalue weighted by atomic mass is 10.2. The average molecular weight is 288 g/mol. The Labute approximate surface area is 119 Å². The molecule has 2 aromatic rings. The molecule has 1 N–H and O–H groups in total. The highest BCUT2D eigenvalue weighted by Gasteiger charge is 2.33. The number of carbonyl (C=O) groups excluding carboxylic acids is 1. The Morgan fingerprint density at radius 1 is 1.25 bits per heavy atom. The zero-order chi connectivity index (χ0) is 14.1. The third kappa shape index (κ3) is 2.10. The van der Waals surface area contributed by atoms with Gasteiger partial charge in [-0.1, -0.05) is 12.1 Å². The number of amides is 1. The molecule has 3 rings (SSSR count). The second-order valence-corrected chi connectivity index (χ2v) is 4.48.